The van der Waals surface area contributed by atoms with E-state index in [0.717, 1.165) is 22.6 Å². The molecule has 0 saturated carbocycles. The number of aliphatic hydroxyl groups is 1. The first-order valence-corrected chi connectivity index (χ1v) is 4.00. The highest BCUT2D eigenvalue weighted by Gasteiger charge is 2.69. The first-order chi connectivity index (χ1) is 5.06. The molecule has 0 heterocycles. The third-order valence-corrected chi connectivity index (χ3v) is 2.24. The van der Waals surface area contributed by atoms with Gasteiger partial charge >= 0.3 is 12.4 Å². The third-order valence-electron chi connectivity index (χ3n) is 1.13. The van der Waals surface area contributed by atoms with Gasteiger partial charge in [-0.3, -0.25) is 0 Å². The fraction of sp³-hybridized carbons (Fsp3) is 1.00. The fourth-order valence-electron chi connectivity index (χ4n) is 0.312. The molecule has 0 atom stereocenters. The van der Waals surface area contributed by atoms with Crippen molar-refractivity contribution in [2.24, 2.45) is 0 Å². The summed E-state index contributed by atoms with van der Waals surface area (Å²) in [7, 11) is 0. The average Bonchev–Trinajstić information content (AvgIpc) is 1.81. The maximum atomic E-state index is 11.6. The lowest BCUT2D eigenvalue weighted by Crippen LogP contribution is -2.58. The van der Waals surface area contributed by atoms with Crippen molar-refractivity contribution >= 4 is 22.6 Å². The van der Waals surface area contributed by atoms with Gasteiger partial charge in [0.2, 0.25) is 0 Å². The second-order valence-corrected chi connectivity index (χ2v) is 2.75. The molecular formula is C4H3F6IO. The van der Waals surface area contributed by atoms with Crippen LogP contribution in [0, 0.1) is 0 Å². The van der Waals surface area contributed by atoms with E-state index in [1.165, 1.54) is 0 Å². The quantitative estimate of drug-likeness (QED) is 0.448. The molecule has 0 amide bonds. The molecule has 0 rings (SSSR count). The van der Waals surface area contributed by atoms with Gasteiger partial charge in [0, 0.05) is 4.43 Å². The Morgan fingerprint density at radius 1 is 0.917 bits per heavy atom. The summed E-state index contributed by atoms with van der Waals surface area (Å²) in [6, 6.07) is 0. The molecule has 1 nitrogen and oxygen atoms in total. The molecule has 0 saturated heterocycles. The Bertz CT molecular complexity index is 146. The van der Waals surface area contributed by atoms with Crippen molar-refractivity contribution in [3.05, 3.63) is 0 Å². The van der Waals surface area contributed by atoms with E-state index < -0.39 is 22.4 Å². The Morgan fingerprint density at radius 3 is 1.17 bits per heavy atom. The minimum absolute atomic E-state index is 0.827. The summed E-state index contributed by atoms with van der Waals surface area (Å²) >= 11 is 0.827. The predicted octanol–water partition coefficient (Wildman–Crippen LogP) is 2.28. The SMILES string of the molecule is OC(CI)(C(F)(F)F)C(F)(F)F. The zero-order valence-corrected chi connectivity index (χ0v) is 7.46. The third kappa shape index (κ3) is 1.95. The summed E-state index contributed by atoms with van der Waals surface area (Å²) in [5.41, 5.74) is -4.60. The maximum Gasteiger partial charge on any atom is 0.427 e. The number of hydrogen-bond acceptors (Lipinski definition) is 1. The molecule has 0 aliphatic carbocycles. The van der Waals surface area contributed by atoms with Gasteiger partial charge in [0.1, 0.15) is 0 Å². The average molecular weight is 308 g/mol. The van der Waals surface area contributed by atoms with Gasteiger partial charge in [-0.25, -0.2) is 0 Å². The van der Waals surface area contributed by atoms with Crippen LogP contribution in [-0.2, 0) is 0 Å². The first kappa shape index (κ1) is 12.3. The van der Waals surface area contributed by atoms with E-state index in [2.05, 4.69) is 0 Å². The Kier molecular flexibility index (Phi) is 3.27. The summed E-state index contributed by atoms with van der Waals surface area (Å²) in [6.45, 7) is 0. The highest BCUT2D eigenvalue weighted by Crippen LogP contribution is 2.43. The van der Waals surface area contributed by atoms with Gasteiger partial charge < -0.3 is 5.11 Å². The van der Waals surface area contributed by atoms with E-state index in [1.54, 1.807) is 0 Å². The molecule has 0 aliphatic rings. The van der Waals surface area contributed by atoms with Crippen LogP contribution in [0.15, 0.2) is 0 Å². The standard InChI is InChI=1S/C4H3F6IO/c5-3(6,7)2(12,1-11)4(8,9)10/h12H,1H2. The summed E-state index contributed by atoms with van der Waals surface area (Å²) < 4.78 is 68.3. The van der Waals surface area contributed by atoms with Gasteiger partial charge in [-0.1, -0.05) is 22.6 Å². The minimum atomic E-state index is -5.69. The van der Waals surface area contributed by atoms with E-state index in [0.29, 0.717) is 0 Å². The topological polar surface area (TPSA) is 20.2 Å². The number of hydrogen-bond donors (Lipinski definition) is 1. The van der Waals surface area contributed by atoms with Crippen molar-refractivity contribution in [2.75, 3.05) is 4.43 Å². The summed E-state index contributed by atoms with van der Waals surface area (Å²) in [5.74, 6) is 0. The van der Waals surface area contributed by atoms with Gasteiger partial charge in [-0.15, -0.1) is 0 Å². The Labute approximate surface area is 76.9 Å². The van der Waals surface area contributed by atoms with Gasteiger partial charge in [0.25, 0.3) is 5.60 Å². The van der Waals surface area contributed by atoms with E-state index in [-0.39, 0.29) is 0 Å². The molecule has 1 N–H and O–H groups in total. The monoisotopic (exact) mass is 308 g/mol. The van der Waals surface area contributed by atoms with Crippen LogP contribution in [0.5, 0.6) is 0 Å². The largest absolute Gasteiger partial charge is 0.427 e. The number of alkyl halides is 7. The molecule has 12 heavy (non-hydrogen) atoms. The Balaban J connectivity index is 4.95. The lowest BCUT2D eigenvalue weighted by Gasteiger charge is -2.30. The summed E-state index contributed by atoms with van der Waals surface area (Å²) in [4.78, 5) is 0. The zero-order chi connectivity index (χ0) is 10.2. The molecule has 8 heteroatoms. The lowest BCUT2D eigenvalue weighted by molar-refractivity contribution is -0.357. The van der Waals surface area contributed by atoms with Crippen LogP contribution in [0.3, 0.4) is 0 Å². The lowest BCUT2D eigenvalue weighted by atomic mass is 10.1. The normalized spacial score (nSPS) is 15.0. The van der Waals surface area contributed by atoms with Crippen LogP contribution in [0.4, 0.5) is 26.3 Å². The molecule has 0 aromatic carbocycles. The van der Waals surface area contributed by atoms with Crippen molar-refractivity contribution in [2.45, 2.75) is 18.0 Å². The summed E-state index contributed by atoms with van der Waals surface area (Å²) in [6.07, 6.45) is -11.4. The molecule has 0 radical (unpaired) electrons. The van der Waals surface area contributed by atoms with Crippen molar-refractivity contribution < 1.29 is 31.4 Å². The van der Waals surface area contributed by atoms with Crippen molar-refractivity contribution in [1.82, 2.24) is 0 Å². The molecule has 74 valence electrons. The van der Waals surface area contributed by atoms with Gasteiger partial charge in [-0.05, 0) is 0 Å². The second kappa shape index (κ2) is 3.20. The molecule has 0 spiro atoms. The maximum absolute atomic E-state index is 11.6. The Morgan fingerprint density at radius 2 is 1.17 bits per heavy atom. The molecule has 0 aliphatic heterocycles. The van der Waals surface area contributed by atoms with E-state index in [9.17, 15) is 26.3 Å². The van der Waals surface area contributed by atoms with Crippen LogP contribution in [0.2, 0.25) is 0 Å². The van der Waals surface area contributed by atoms with Crippen LogP contribution in [0.1, 0.15) is 0 Å². The minimum Gasteiger partial charge on any atom is -0.373 e. The van der Waals surface area contributed by atoms with E-state index in [1.807, 2.05) is 0 Å². The van der Waals surface area contributed by atoms with Crippen LogP contribution < -0.4 is 0 Å². The molecule has 0 unspecified atom stereocenters. The number of halogens is 7. The van der Waals surface area contributed by atoms with Crippen LogP contribution >= 0.6 is 22.6 Å². The van der Waals surface area contributed by atoms with Crippen LogP contribution in [0.25, 0.3) is 0 Å². The van der Waals surface area contributed by atoms with Crippen molar-refractivity contribution in [1.29, 1.82) is 0 Å². The Hall–Kier alpha value is 0.270. The number of rotatable bonds is 1. The molecule has 0 bridgehead atoms. The smallest absolute Gasteiger partial charge is 0.373 e. The molecule has 0 aromatic rings. The molecule has 0 fully saturated rings. The van der Waals surface area contributed by atoms with Gasteiger partial charge in [0.05, 0.1) is 0 Å². The summed E-state index contributed by atoms with van der Waals surface area (Å²) in [5, 5.41) is 8.24. The second-order valence-electron chi connectivity index (χ2n) is 1.99. The molecule has 0 aromatic heterocycles. The van der Waals surface area contributed by atoms with Crippen LogP contribution in [-0.4, -0.2) is 27.5 Å². The van der Waals surface area contributed by atoms with E-state index in [4.69, 9.17) is 5.11 Å². The van der Waals surface area contributed by atoms with Gasteiger partial charge in [-0.2, -0.15) is 26.3 Å². The van der Waals surface area contributed by atoms with Crippen molar-refractivity contribution in [3.8, 4) is 0 Å². The first-order valence-electron chi connectivity index (χ1n) is 2.48. The highest BCUT2D eigenvalue weighted by molar-refractivity contribution is 14.1. The van der Waals surface area contributed by atoms with E-state index >= 15 is 0 Å². The van der Waals surface area contributed by atoms with Crippen molar-refractivity contribution in [3.63, 3.8) is 0 Å². The highest BCUT2D eigenvalue weighted by atomic mass is 127. The van der Waals surface area contributed by atoms with Gasteiger partial charge in [0.15, 0.2) is 0 Å². The molecular weight excluding hydrogens is 305 g/mol. The fourth-order valence-corrected chi connectivity index (χ4v) is 1.18. The zero-order valence-electron chi connectivity index (χ0n) is 5.30. The predicted molar refractivity (Wildman–Crippen MR) is 35.9 cm³/mol.